The van der Waals surface area contributed by atoms with Crippen LogP contribution in [0.5, 0.6) is 0 Å². The molecule has 1 saturated carbocycles. The van der Waals surface area contributed by atoms with E-state index in [-0.39, 0.29) is 24.0 Å². The summed E-state index contributed by atoms with van der Waals surface area (Å²) in [5.74, 6) is 2.43. The van der Waals surface area contributed by atoms with Crippen molar-refractivity contribution in [2.24, 2.45) is 16.8 Å². The normalized spacial score (nSPS) is 16.6. The van der Waals surface area contributed by atoms with Gasteiger partial charge in [-0.25, -0.2) is 0 Å². The fourth-order valence-corrected chi connectivity index (χ4v) is 2.34. The van der Waals surface area contributed by atoms with Crippen molar-refractivity contribution in [1.29, 1.82) is 0 Å². The minimum absolute atomic E-state index is 0. The molecular formula is C16H35IN4O. The molecule has 0 aromatic carbocycles. The van der Waals surface area contributed by atoms with E-state index in [1.807, 2.05) is 7.05 Å². The third kappa shape index (κ3) is 9.84. The molecule has 6 heteroatoms. The standard InChI is InChI=1S/C16H34N4O.HI/c1-13(2)8-10-21-11-9-18-16(17-3)19-12-15(20(4)5)14-6-7-14;/h13-15H,6-12H2,1-5H3,(H2,17,18,19);1H. The first-order valence-electron chi connectivity index (χ1n) is 8.23. The minimum Gasteiger partial charge on any atom is -0.380 e. The molecule has 0 aliphatic heterocycles. The summed E-state index contributed by atoms with van der Waals surface area (Å²) in [5, 5.41) is 6.73. The first-order chi connectivity index (χ1) is 10.0. The summed E-state index contributed by atoms with van der Waals surface area (Å²) in [6, 6.07) is 0.603. The molecule has 132 valence electrons. The Morgan fingerprint density at radius 2 is 1.91 bits per heavy atom. The van der Waals surface area contributed by atoms with Crippen LogP contribution in [0.3, 0.4) is 0 Å². The molecule has 0 heterocycles. The highest BCUT2D eigenvalue weighted by Gasteiger charge is 2.32. The maximum absolute atomic E-state index is 5.60. The third-order valence-electron chi connectivity index (χ3n) is 3.91. The first kappa shape index (κ1) is 21.9. The number of halogens is 1. The van der Waals surface area contributed by atoms with Gasteiger partial charge in [-0.05, 0) is 45.2 Å². The van der Waals surface area contributed by atoms with Crippen molar-refractivity contribution >= 4 is 29.9 Å². The molecule has 0 radical (unpaired) electrons. The maximum Gasteiger partial charge on any atom is 0.191 e. The second kappa shape index (κ2) is 12.4. The Morgan fingerprint density at radius 1 is 1.23 bits per heavy atom. The Balaban J connectivity index is 0.00000441. The van der Waals surface area contributed by atoms with Crippen LogP contribution in [-0.2, 0) is 4.74 Å². The second-order valence-corrected chi connectivity index (χ2v) is 6.54. The van der Waals surface area contributed by atoms with Gasteiger partial charge in [-0.2, -0.15) is 0 Å². The maximum atomic E-state index is 5.60. The number of nitrogens with zero attached hydrogens (tertiary/aromatic N) is 2. The molecule has 0 bridgehead atoms. The average molecular weight is 426 g/mol. The van der Waals surface area contributed by atoms with Gasteiger partial charge in [-0.3, -0.25) is 4.99 Å². The van der Waals surface area contributed by atoms with E-state index in [9.17, 15) is 0 Å². The molecule has 0 spiro atoms. The lowest BCUT2D eigenvalue weighted by molar-refractivity contribution is 0.128. The van der Waals surface area contributed by atoms with Crippen molar-refractivity contribution in [1.82, 2.24) is 15.5 Å². The number of rotatable bonds is 10. The molecule has 0 aromatic heterocycles. The topological polar surface area (TPSA) is 48.9 Å². The number of ether oxygens (including phenoxy) is 1. The lowest BCUT2D eigenvalue weighted by atomic mass is 10.1. The quantitative estimate of drug-likeness (QED) is 0.243. The number of aliphatic imine (C=N–C) groups is 1. The van der Waals surface area contributed by atoms with Crippen LogP contribution in [0.25, 0.3) is 0 Å². The van der Waals surface area contributed by atoms with Crippen molar-refractivity contribution in [3.8, 4) is 0 Å². The predicted octanol–water partition coefficient (Wildman–Crippen LogP) is 2.17. The van der Waals surface area contributed by atoms with Crippen molar-refractivity contribution in [3.63, 3.8) is 0 Å². The molecule has 5 nitrogen and oxygen atoms in total. The first-order valence-corrected chi connectivity index (χ1v) is 8.23. The molecule has 1 aliphatic rings. The summed E-state index contributed by atoms with van der Waals surface area (Å²) in [5.41, 5.74) is 0. The van der Waals surface area contributed by atoms with Gasteiger partial charge >= 0.3 is 0 Å². The van der Waals surface area contributed by atoms with E-state index in [1.165, 1.54) is 12.8 Å². The van der Waals surface area contributed by atoms with Gasteiger partial charge in [0.2, 0.25) is 0 Å². The van der Waals surface area contributed by atoms with E-state index in [0.717, 1.165) is 44.6 Å². The van der Waals surface area contributed by atoms with Crippen LogP contribution in [0.1, 0.15) is 33.1 Å². The zero-order valence-electron chi connectivity index (χ0n) is 14.9. The van der Waals surface area contributed by atoms with E-state index in [4.69, 9.17) is 4.74 Å². The molecule has 1 atom stereocenters. The summed E-state index contributed by atoms with van der Waals surface area (Å²) in [6.07, 6.45) is 3.85. The SMILES string of the molecule is CN=C(NCCOCCC(C)C)NCC(C1CC1)N(C)C.I. The second-order valence-electron chi connectivity index (χ2n) is 6.54. The van der Waals surface area contributed by atoms with E-state index in [2.05, 4.69) is 48.5 Å². The van der Waals surface area contributed by atoms with Gasteiger partial charge < -0.3 is 20.3 Å². The molecule has 0 aromatic rings. The van der Waals surface area contributed by atoms with E-state index < -0.39 is 0 Å². The molecule has 22 heavy (non-hydrogen) atoms. The smallest absolute Gasteiger partial charge is 0.191 e. The van der Waals surface area contributed by atoms with Crippen LogP contribution in [0.2, 0.25) is 0 Å². The van der Waals surface area contributed by atoms with Crippen molar-refractivity contribution < 1.29 is 4.74 Å². The molecule has 2 N–H and O–H groups in total. The zero-order valence-corrected chi connectivity index (χ0v) is 17.2. The molecule has 1 aliphatic carbocycles. The molecule has 1 fully saturated rings. The highest BCUT2D eigenvalue weighted by molar-refractivity contribution is 14.0. The minimum atomic E-state index is 0. The van der Waals surface area contributed by atoms with Crippen LogP contribution in [0, 0.1) is 11.8 Å². The van der Waals surface area contributed by atoms with Gasteiger partial charge in [0, 0.05) is 32.8 Å². The lowest BCUT2D eigenvalue weighted by Gasteiger charge is -2.25. The molecule has 1 unspecified atom stereocenters. The molecule has 0 amide bonds. The van der Waals surface area contributed by atoms with Crippen molar-refractivity contribution in [3.05, 3.63) is 0 Å². The number of guanidine groups is 1. The van der Waals surface area contributed by atoms with Gasteiger partial charge in [0.15, 0.2) is 5.96 Å². The summed E-state index contributed by atoms with van der Waals surface area (Å²) < 4.78 is 5.60. The van der Waals surface area contributed by atoms with E-state index in [1.54, 1.807) is 0 Å². The van der Waals surface area contributed by atoms with Gasteiger partial charge in [0.1, 0.15) is 0 Å². The zero-order chi connectivity index (χ0) is 15.7. The molecular weight excluding hydrogens is 391 g/mol. The summed E-state index contributed by atoms with van der Waals surface area (Å²) in [4.78, 5) is 6.58. The van der Waals surface area contributed by atoms with Crippen molar-refractivity contribution in [2.75, 3.05) is 47.4 Å². The highest BCUT2D eigenvalue weighted by atomic mass is 127. The highest BCUT2D eigenvalue weighted by Crippen LogP contribution is 2.34. The number of likely N-dealkylation sites (N-methyl/N-ethyl adjacent to an activating group) is 1. The summed E-state index contributed by atoms with van der Waals surface area (Å²) >= 11 is 0. The van der Waals surface area contributed by atoms with Crippen LogP contribution in [-0.4, -0.2) is 64.3 Å². The van der Waals surface area contributed by atoms with Crippen LogP contribution >= 0.6 is 24.0 Å². The van der Waals surface area contributed by atoms with E-state index >= 15 is 0 Å². The van der Waals surface area contributed by atoms with Gasteiger partial charge in [-0.15, -0.1) is 24.0 Å². The van der Waals surface area contributed by atoms with Crippen LogP contribution in [0.4, 0.5) is 0 Å². The Labute approximate surface area is 153 Å². The van der Waals surface area contributed by atoms with Crippen LogP contribution in [0.15, 0.2) is 4.99 Å². The molecule has 0 saturated heterocycles. The average Bonchev–Trinajstić information content (AvgIpc) is 3.24. The van der Waals surface area contributed by atoms with Gasteiger partial charge in [0.25, 0.3) is 0 Å². The van der Waals surface area contributed by atoms with Gasteiger partial charge in [-0.1, -0.05) is 13.8 Å². The number of nitrogens with one attached hydrogen (secondary N) is 2. The summed E-state index contributed by atoms with van der Waals surface area (Å²) in [6.45, 7) is 7.76. The van der Waals surface area contributed by atoms with Crippen LogP contribution < -0.4 is 10.6 Å². The third-order valence-corrected chi connectivity index (χ3v) is 3.91. The van der Waals surface area contributed by atoms with Crippen molar-refractivity contribution in [2.45, 2.75) is 39.2 Å². The van der Waals surface area contributed by atoms with E-state index in [0.29, 0.717) is 12.0 Å². The van der Waals surface area contributed by atoms with Gasteiger partial charge in [0.05, 0.1) is 6.61 Å². The fraction of sp³-hybridized carbons (Fsp3) is 0.938. The Hall–Kier alpha value is -0.0800. The summed E-state index contributed by atoms with van der Waals surface area (Å²) in [7, 11) is 6.13. The molecule has 1 rings (SSSR count). The lowest BCUT2D eigenvalue weighted by Crippen LogP contribution is -2.46. The number of hydrogen-bond acceptors (Lipinski definition) is 3. The number of hydrogen-bond donors (Lipinski definition) is 2. The fourth-order valence-electron chi connectivity index (χ4n) is 2.34. The Kier molecular flexibility index (Phi) is 12.3. The predicted molar refractivity (Wildman–Crippen MR) is 105 cm³/mol. The Bertz CT molecular complexity index is 305. The Morgan fingerprint density at radius 3 is 2.41 bits per heavy atom. The monoisotopic (exact) mass is 426 g/mol. The largest absolute Gasteiger partial charge is 0.380 e.